The van der Waals surface area contributed by atoms with E-state index in [0.717, 1.165) is 61.8 Å². The Morgan fingerprint density at radius 2 is 2.10 bits per heavy atom. The van der Waals surface area contributed by atoms with Crippen molar-refractivity contribution in [1.29, 1.82) is 0 Å². The number of aliphatic imine (C=N–C) groups is 1. The molecule has 31 heavy (non-hydrogen) atoms. The van der Waals surface area contributed by atoms with Crippen molar-refractivity contribution in [3.05, 3.63) is 36.2 Å². The van der Waals surface area contributed by atoms with Crippen molar-refractivity contribution < 1.29 is 4.79 Å². The topological polar surface area (TPSA) is 110 Å². The molecule has 1 aliphatic rings. The van der Waals surface area contributed by atoms with Crippen LogP contribution < -0.4 is 16.0 Å². The van der Waals surface area contributed by atoms with Crippen LogP contribution in [0.3, 0.4) is 0 Å². The Morgan fingerprint density at radius 1 is 1.29 bits per heavy atom. The smallest absolute Gasteiger partial charge is 0.234 e. The van der Waals surface area contributed by atoms with Gasteiger partial charge in [-0.15, -0.1) is 24.0 Å². The predicted molar refractivity (Wildman–Crippen MR) is 133 cm³/mol. The van der Waals surface area contributed by atoms with Gasteiger partial charge >= 0.3 is 0 Å². The molecule has 170 valence electrons. The van der Waals surface area contributed by atoms with Crippen LogP contribution in [0.2, 0.25) is 0 Å². The Labute approximate surface area is 200 Å². The number of guanidine groups is 1. The third-order valence-electron chi connectivity index (χ3n) is 5.17. The fraction of sp³-hybridized carbons (Fsp3) is 0.524. The van der Waals surface area contributed by atoms with Crippen molar-refractivity contribution >= 4 is 35.8 Å². The van der Waals surface area contributed by atoms with E-state index >= 15 is 0 Å². The lowest BCUT2D eigenvalue weighted by molar-refractivity contribution is -0.122. The number of piperidine rings is 1. The Kier molecular flexibility index (Phi) is 10.7. The standard InChI is InChI=1S/C21H32N8O.HI/c1-3-9-23-19(30)14-29-10-7-18(8-11-29)27-21(22-2)24-13-16-5-4-6-17(12-16)20-25-15-26-28-20;/h4-6,12,15,18H,3,7-11,13-14H2,1-2H3,(H,23,30)(H2,22,24,27)(H,25,26,28);1H. The first-order valence-electron chi connectivity index (χ1n) is 10.6. The van der Waals surface area contributed by atoms with Gasteiger partial charge in [0.25, 0.3) is 0 Å². The molecule has 1 amide bonds. The summed E-state index contributed by atoms with van der Waals surface area (Å²) in [6.45, 7) is 5.78. The number of nitrogens with one attached hydrogen (secondary N) is 4. The van der Waals surface area contributed by atoms with E-state index in [2.05, 4.69) is 60.1 Å². The molecule has 1 aromatic carbocycles. The van der Waals surface area contributed by atoms with E-state index in [4.69, 9.17) is 0 Å². The monoisotopic (exact) mass is 540 g/mol. The first kappa shape index (κ1) is 25.1. The molecule has 2 heterocycles. The normalized spacial score (nSPS) is 15.2. The van der Waals surface area contributed by atoms with Crippen LogP contribution in [-0.2, 0) is 11.3 Å². The zero-order valence-corrected chi connectivity index (χ0v) is 20.6. The quantitative estimate of drug-likeness (QED) is 0.231. The minimum atomic E-state index is 0. The fourth-order valence-corrected chi connectivity index (χ4v) is 3.51. The van der Waals surface area contributed by atoms with Crippen LogP contribution in [0.4, 0.5) is 0 Å². The van der Waals surface area contributed by atoms with Crippen LogP contribution in [0.15, 0.2) is 35.6 Å². The van der Waals surface area contributed by atoms with E-state index in [-0.39, 0.29) is 29.9 Å². The molecule has 0 spiro atoms. The summed E-state index contributed by atoms with van der Waals surface area (Å²) in [5.41, 5.74) is 2.14. The lowest BCUT2D eigenvalue weighted by Gasteiger charge is -2.32. The van der Waals surface area contributed by atoms with Crippen molar-refractivity contribution in [1.82, 2.24) is 36.0 Å². The third kappa shape index (κ3) is 8.09. The third-order valence-corrected chi connectivity index (χ3v) is 5.17. The van der Waals surface area contributed by atoms with E-state index < -0.39 is 0 Å². The van der Waals surface area contributed by atoms with Gasteiger partial charge in [-0.25, -0.2) is 4.98 Å². The summed E-state index contributed by atoms with van der Waals surface area (Å²) in [5, 5.41) is 16.6. The molecule has 10 heteroatoms. The van der Waals surface area contributed by atoms with Gasteiger partial charge in [0.05, 0.1) is 6.54 Å². The summed E-state index contributed by atoms with van der Waals surface area (Å²) in [5.74, 6) is 1.67. The van der Waals surface area contributed by atoms with Gasteiger partial charge < -0.3 is 16.0 Å². The molecule has 0 aliphatic carbocycles. The molecule has 0 radical (unpaired) electrons. The number of hydrogen-bond donors (Lipinski definition) is 4. The van der Waals surface area contributed by atoms with Gasteiger partial charge in [-0.2, -0.15) is 5.10 Å². The Hall–Kier alpha value is -2.21. The van der Waals surface area contributed by atoms with E-state index in [1.165, 1.54) is 6.33 Å². The lowest BCUT2D eigenvalue weighted by atomic mass is 10.1. The number of carbonyl (C=O) groups excluding carboxylic acids is 1. The molecule has 1 saturated heterocycles. The highest BCUT2D eigenvalue weighted by Crippen LogP contribution is 2.15. The lowest BCUT2D eigenvalue weighted by Crippen LogP contribution is -2.50. The molecule has 0 saturated carbocycles. The molecule has 1 aromatic heterocycles. The molecule has 2 aromatic rings. The van der Waals surface area contributed by atoms with Gasteiger partial charge in [-0.3, -0.25) is 19.8 Å². The van der Waals surface area contributed by atoms with E-state index in [1.807, 2.05) is 12.1 Å². The summed E-state index contributed by atoms with van der Waals surface area (Å²) < 4.78 is 0. The molecule has 1 fully saturated rings. The maximum atomic E-state index is 11.9. The highest BCUT2D eigenvalue weighted by atomic mass is 127. The molecule has 3 rings (SSSR count). The minimum absolute atomic E-state index is 0. The number of amides is 1. The van der Waals surface area contributed by atoms with Gasteiger partial charge in [0.2, 0.25) is 5.91 Å². The molecule has 0 unspecified atom stereocenters. The highest BCUT2D eigenvalue weighted by molar-refractivity contribution is 14.0. The summed E-state index contributed by atoms with van der Waals surface area (Å²) in [6, 6.07) is 8.53. The van der Waals surface area contributed by atoms with Crippen molar-refractivity contribution in [3.8, 4) is 11.4 Å². The van der Waals surface area contributed by atoms with Crippen LogP contribution in [0, 0.1) is 0 Å². The first-order valence-corrected chi connectivity index (χ1v) is 10.6. The molecule has 1 aliphatic heterocycles. The molecule has 0 atom stereocenters. The van der Waals surface area contributed by atoms with Gasteiger partial charge in [0.15, 0.2) is 11.8 Å². The number of carbonyl (C=O) groups is 1. The van der Waals surface area contributed by atoms with Crippen LogP contribution in [0.1, 0.15) is 31.7 Å². The second kappa shape index (κ2) is 13.3. The number of aromatic nitrogens is 3. The number of rotatable bonds is 8. The van der Waals surface area contributed by atoms with E-state index in [0.29, 0.717) is 19.1 Å². The van der Waals surface area contributed by atoms with Crippen LogP contribution in [-0.4, -0.2) is 71.2 Å². The number of benzene rings is 1. The molecular formula is C21H33IN8O. The Balaban J connectivity index is 0.00000341. The zero-order valence-electron chi connectivity index (χ0n) is 18.2. The number of nitrogens with zero attached hydrogens (tertiary/aromatic N) is 4. The largest absolute Gasteiger partial charge is 0.355 e. The summed E-state index contributed by atoms with van der Waals surface area (Å²) in [4.78, 5) is 22.7. The van der Waals surface area contributed by atoms with Gasteiger partial charge in [-0.05, 0) is 30.9 Å². The van der Waals surface area contributed by atoms with E-state index in [1.54, 1.807) is 7.05 Å². The maximum absolute atomic E-state index is 11.9. The number of hydrogen-bond acceptors (Lipinski definition) is 5. The van der Waals surface area contributed by atoms with Crippen molar-refractivity contribution in [2.45, 2.75) is 38.8 Å². The van der Waals surface area contributed by atoms with Crippen molar-refractivity contribution in [2.24, 2.45) is 4.99 Å². The second-order valence-electron chi connectivity index (χ2n) is 7.50. The van der Waals surface area contributed by atoms with Crippen molar-refractivity contribution in [3.63, 3.8) is 0 Å². The maximum Gasteiger partial charge on any atom is 0.234 e. The molecule has 4 N–H and O–H groups in total. The predicted octanol–water partition coefficient (Wildman–Crippen LogP) is 1.75. The first-order chi connectivity index (χ1) is 14.7. The molecule has 9 nitrogen and oxygen atoms in total. The second-order valence-corrected chi connectivity index (χ2v) is 7.50. The van der Waals surface area contributed by atoms with Crippen LogP contribution in [0.5, 0.6) is 0 Å². The number of H-pyrrole nitrogens is 1. The number of aromatic amines is 1. The SMILES string of the molecule is CCCNC(=O)CN1CCC(NC(=NC)NCc2cccc(-c3ncn[nH]3)c2)CC1.I. The number of halogens is 1. The van der Waals surface area contributed by atoms with Gasteiger partial charge in [-0.1, -0.05) is 25.1 Å². The summed E-state index contributed by atoms with van der Waals surface area (Å²) in [6.07, 6.45) is 4.45. The average molecular weight is 540 g/mol. The fourth-order valence-electron chi connectivity index (χ4n) is 3.51. The van der Waals surface area contributed by atoms with Gasteiger partial charge in [0, 0.05) is 44.8 Å². The summed E-state index contributed by atoms with van der Waals surface area (Å²) >= 11 is 0. The van der Waals surface area contributed by atoms with Crippen molar-refractivity contribution in [2.75, 3.05) is 33.2 Å². The Morgan fingerprint density at radius 3 is 2.77 bits per heavy atom. The van der Waals surface area contributed by atoms with E-state index in [9.17, 15) is 4.79 Å². The molecular weight excluding hydrogens is 507 g/mol. The highest BCUT2D eigenvalue weighted by Gasteiger charge is 2.21. The summed E-state index contributed by atoms with van der Waals surface area (Å²) in [7, 11) is 1.79. The number of likely N-dealkylation sites (tertiary alicyclic amines) is 1. The minimum Gasteiger partial charge on any atom is -0.355 e. The van der Waals surface area contributed by atoms with Crippen LogP contribution in [0.25, 0.3) is 11.4 Å². The zero-order chi connectivity index (χ0) is 21.2. The van der Waals surface area contributed by atoms with Gasteiger partial charge in [0.1, 0.15) is 6.33 Å². The van der Waals surface area contributed by atoms with Crippen LogP contribution >= 0.6 is 24.0 Å². The molecule has 0 bridgehead atoms. The average Bonchev–Trinajstić information content (AvgIpc) is 3.31. The Bertz CT molecular complexity index is 819.